The van der Waals surface area contributed by atoms with Gasteiger partial charge in [0.2, 0.25) is 0 Å². The van der Waals surface area contributed by atoms with Crippen molar-refractivity contribution in [2.24, 2.45) is 5.73 Å². The van der Waals surface area contributed by atoms with Gasteiger partial charge in [-0.1, -0.05) is 18.2 Å². The van der Waals surface area contributed by atoms with Crippen molar-refractivity contribution in [2.75, 3.05) is 7.11 Å². The van der Waals surface area contributed by atoms with Gasteiger partial charge in [-0.25, -0.2) is 0 Å². The van der Waals surface area contributed by atoms with Crippen LogP contribution < -0.4 is 5.73 Å². The number of hydrogen-bond acceptors (Lipinski definition) is 4. The van der Waals surface area contributed by atoms with Crippen molar-refractivity contribution in [1.29, 1.82) is 0 Å². The summed E-state index contributed by atoms with van der Waals surface area (Å²) in [4.78, 5) is 12.8. The van der Waals surface area contributed by atoms with E-state index in [1.807, 2.05) is 18.2 Å². The summed E-state index contributed by atoms with van der Waals surface area (Å²) >= 11 is 1.79. The average Bonchev–Trinajstić information content (AvgIpc) is 2.72. The van der Waals surface area contributed by atoms with Crippen LogP contribution in [-0.4, -0.2) is 23.9 Å². The highest BCUT2D eigenvalue weighted by Crippen LogP contribution is 2.39. The SMILES string of the molecule is COC(=O)C1(N)CCC(Sc2ccccc2)C1. The minimum Gasteiger partial charge on any atom is -0.468 e. The summed E-state index contributed by atoms with van der Waals surface area (Å²) in [6, 6.07) is 10.2. The number of esters is 1. The van der Waals surface area contributed by atoms with Crippen molar-refractivity contribution in [3.05, 3.63) is 30.3 Å². The fraction of sp³-hybridized carbons (Fsp3) is 0.462. The van der Waals surface area contributed by atoms with Crippen molar-refractivity contribution >= 4 is 17.7 Å². The number of rotatable bonds is 3. The second kappa shape index (κ2) is 5.10. The van der Waals surface area contributed by atoms with Gasteiger partial charge in [-0.2, -0.15) is 0 Å². The van der Waals surface area contributed by atoms with Crippen LogP contribution in [0.1, 0.15) is 19.3 Å². The summed E-state index contributed by atoms with van der Waals surface area (Å²) in [7, 11) is 1.40. The van der Waals surface area contributed by atoms with Gasteiger partial charge in [0, 0.05) is 10.1 Å². The molecule has 0 amide bonds. The Balaban J connectivity index is 1.97. The third-order valence-corrected chi connectivity index (χ3v) is 4.42. The minimum atomic E-state index is -0.777. The molecular formula is C13H17NO2S. The zero-order valence-electron chi connectivity index (χ0n) is 9.89. The lowest BCUT2D eigenvalue weighted by Crippen LogP contribution is -2.46. The first kappa shape index (κ1) is 12.5. The molecule has 92 valence electrons. The van der Waals surface area contributed by atoms with E-state index in [4.69, 9.17) is 10.5 Å². The Bertz CT molecular complexity index is 396. The van der Waals surface area contributed by atoms with Crippen molar-refractivity contribution in [2.45, 2.75) is 34.9 Å². The highest BCUT2D eigenvalue weighted by molar-refractivity contribution is 8.00. The molecule has 0 aromatic heterocycles. The van der Waals surface area contributed by atoms with Crippen LogP contribution in [0.25, 0.3) is 0 Å². The Morgan fingerprint density at radius 3 is 2.82 bits per heavy atom. The maximum atomic E-state index is 11.6. The molecule has 1 aliphatic carbocycles. The molecule has 1 aromatic rings. The molecule has 0 bridgehead atoms. The van der Waals surface area contributed by atoms with E-state index >= 15 is 0 Å². The first-order chi connectivity index (χ1) is 8.14. The van der Waals surface area contributed by atoms with E-state index in [0.717, 1.165) is 6.42 Å². The molecule has 0 spiro atoms. The Morgan fingerprint density at radius 2 is 2.18 bits per heavy atom. The lowest BCUT2D eigenvalue weighted by Gasteiger charge is -2.20. The fourth-order valence-corrected chi connectivity index (χ4v) is 3.53. The molecule has 2 unspecified atom stereocenters. The first-order valence-corrected chi connectivity index (χ1v) is 6.61. The number of carbonyl (C=O) groups excluding carboxylic acids is 1. The Kier molecular flexibility index (Phi) is 3.74. The van der Waals surface area contributed by atoms with Crippen LogP contribution in [0.5, 0.6) is 0 Å². The molecule has 0 heterocycles. The van der Waals surface area contributed by atoms with Crippen LogP contribution in [-0.2, 0) is 9.53 Å². The minimum absolute atomic E-state index is 0.284. The Hall–Kier alpha value is -1.00. The molecule has 1 aromatic carbocycles. The predicted octanol–water partition coefficient (Wildman–Crippen LogP) is 2.20. The van der Waals surface area contributed by atoms with E-state index in [2.05, 4.69) is 12.1 Å². The predicted molar refractivity (Wildman–Crippen MR) is 68.9 cm³/mol. The van der Waals surface area contributed by atoms with Crippen molar-refractivity contribution < 1.29 is 9.53 Å². The van der Waals surface area contributed by atoms with Crippen molar-refractivity contribution in [1.82, 2.24) is 0 Å². The Morgan fingerprint density at radius 1 is 1.47 bits per heavy atom. The summed E-state index contributed by atoms with van der Waals surface area (Å²) in [5.74, 6) is -0.284. The molecule has 0 saturated heterocycles. The molecule has 1 aliphatic rings. The van der Waals surface area contributed by atoms with Crippen LogP contribution in [0.15, 0.2) is 35.2 Å². The van der Waals surface area contributed by atoms with Gasteiger partial charge < -0.3 is 10.5 Å². The number of ether oxygens (including phenoxy) is 1. The van der Waals surface area contributed by atoms with Gasteiger partial charge in [0.15, 0.2) is 0 Å². The molecular weight excluding hydrogens is 234 g/mol. The van der Waals surface area contributed by atoms with Crippen LogP contribution in [0.3, 0.4) is 0 Å². The third kappa shape index (κ3) is 2.82. The standard InChI is InChI=1S/C13H17NO2S/c1-16-12(15)13(14)8-7-11(9-13)17-10-5-3-2-4-6-10/h2-6,11H,7-9,14H2,1H3. The maximum absolute atomic E-state index is 11.6. The second-order valence-corrected chi connectivity index (χ2v) is 5.82. The topological polar surface area (TPSA) is 52.3 Å². The molecule has 4 heteroatoms. The highest BCUT2D eigenvalue weighted by Gasteiger charge is 2.43. The molecule has 2 rings (SSSR count). The maximum Gasteiger partial charge on any atom is 0.325 e. The summed E-state index contributed by atoms with van der Waals surface area (Å²) in [6.07, 6.45) is 2.37. The summed E-state index contributed by atoms with van der Waals surface area (Å²) in [6.45, 7) is 0. The Labute approximate surface area is 106 Å². The molecule has 1 fully saturated rings. The van der Waals surface area contributed by atoms with Gasteiger partial charge in [0.25, 0.3) is 0 Å². The van der Waals surface area contributed by atoms with E-state index in [1.54, 1.807) is 11.8 Å². The zero-order valence-corrected chi connectivity index (χ0v) is 10.7. The number of methoxy groups -OCH3 is 1. The highest BCUT2D eigenvalue weighted by atomic mass is 32.2. The average molecular weight is 251 g/mol. The van der Waals surface area contributed by atoms with Crippen molar-refractivity contribution in [3.8, 4) is 0 Å². The molecule has 2 N–H and O–H groups in total. The van der Waals surface area contributed by atoms with Gasteiger partial charge >= 0.3 is 5.97 Å². The zero-order chi connectivity index (χ0) is 12.3. The normalized spacial score (nSPS) is 28.0. The van der Waals surface area contributed by atoms with Gasteiger partial charge in [0.05, 0.1) is 7.11 Å². The van der Waals surface area contributed by atoms with Crippen LogP contribution in [0, 0.1) is 0 Å². The van der Waals surface area contributed by atoms with E-state index in [1.165, 1.54) is 12.0 Å². The lowest BCUT2D eigenvalue weighted by atomic mass is 10.00. The van der Waals surface area contributed by atoms with Crippen LogP contribution in [0.2, 0.25) is 0 Å². The van der Waals surface area contributed by atoms with E-state index < -0.39 is 5.54 Å². The smallest absolute Gasteiger partial charge is 0.325 e. The van der Waals surface area contributed by atoms with E-state index in [9.17, 15) is 4.79 Å². The lowest BCUT2D eigenvalue weighted by molar-refractivity contribution is -0.146. The fourth-order valence-electron chi connectivity index (χ4n) is 2.21. The van der Waals surface area contributed by atoms with Crippen molar-refractivity contribution in [3.63, 3.8) is 0 Å². The quantitative estimate of drug-likeness (QED) is 0.837. The molecule has 1 saturated carbocycles. The largest absolute Gasteiger partial charge is 0.468 e. The van der Waals surface area contributed by atoms with Crippen LogP contribution >= 0.6 is 11.8 Å². The third-order valence-electron chi connectivity index (χ3n) is 3.14. The molecule has 0 aliphatic heterocycles. The molecule has 3 nitrogen and oxygen atoms in total. The first-order valence-electron chi connectivity index (χ1n) is 5.73. The molecule has 17 heavy (non-hydrogen) atoms. The second-order valence-electron chi connectivity index (χ2n) is 4.44. The van der Waals surface area contributed by atoms with E-state index in [0.29, 0.717) is 18.1 Å². The van der Waals surface area contributed by atoms with Gasteiger partial charge in [-0.15, -0.1) is 11.8 Å². The number of carbonyl (C=O) groups is 1. The number of hydrogen-bond donors (Lipinski definition) is 1. The summed E-state index contributed by atoms with van der Waals surface area (Å²) in [5, 5.41) is 0.404. The van der Waals surface area contributed by atoms with Gasteiger partial charge in [0.1, 0.15) is 5.54 Å². The van der Waals surface area contributed by atoms with Gasteiger partial charge in [-0.3, -0.25) is 4.79 Å². The van der Waals surface area contributed by atoms with Crippen LogP contribution in [0.4, 0.5) is 0 Å². The molecule has 0 radical (unpaired) electrons. The monoisotopic (exact) mass is 251 g/mol. The number of thioether (sulfide) groups is 1. The molecule has 2 atom stereocenters. The van der Waals surface area contributed by atoms with Gasteiger partial charge in [-0.05, 0) is 31.4 Å². The van der Waals surface area contributed by atoms with E-state index in [-0.39, 0.29) is 5.97 Å². The number of nitrogens with two attached hydrogens (primary N) is 1. The summed E-state index contributed by atoms with van der Waals surface area (Å²) in [5.41, 5.74) is 5.29. The number of benzene rings is 1. The summed E-state index contributed by atoms with van der Waals surface area (Å²) < 4.78 is 4.76.